The molecule has 0 aromatic rings. The van der Waals surface area contributed by atoms with Crippen molar-refractivity contribution in [2.75, 3.05) is 13.7 Å². The average molecular weight is 265 g/mol. The molecule has 0 saturated heterocycles. The molecule has 0 aromatic carbocycles. The zero-order chi connectivity index (χ0) is 12.9. The first kappa shape index (κ1) is 14.4. The van der Waals surface area contributed by atoms with Gasteiger partial charge in [-0.25, -0.2) is 8.42 Å². The van der Waals surface area contributed by atoms with Crippen molar-refractivity contribution in [2.24, 2.45) is 0 Å². The molecule has 0 spiro atoms. The summed E-state index contributed by atoms with van der Waals surface area (Å²) in [5, 5.41) is 8.40. The number of methoxy groups -OCH3 is 1. The first-order valence-electron chi connectivity index (χ1n) is 5.70. The second-order valence-electron chi connectivity index (χ2n) is 4.27. The Hall–Kier alpha value is -0.660. The van der Waals surface area contributed by atoms with E-state index in [-0.39, 0.29) is 6.61 Å². The van der Waals surface area contributed by atoms with Crippen molar-refractivity contribution in [3.05, 3.63) is 0 Å². The van der Waals surface area contributed by atoms with E-state index in [1.54, 1.807) is 0 Å². The van der Waals surface area contributed by atoms with Gasteiger partial charge in [0, 0.05) is 7.11 Å². The summed E-state index contributed by atoms with van der Waals surface area (Å²) in [4.78, 5) is 10.8. The minimum Gasteiger partial charge on any atom is -0.480 e. The first-order chi connectivity index (χ1) is 7.97. The predicted molar refractivity (Wildman–Crippen MR) is 62.2 cm³/mol. The monoisotopic (exact) mass is 265 g/mol. The summed E-state index contributed by atoms with van der Waals surface area (Å²) < 4.78 is 30.8. The fourth-order valence-corrected chi connectivity index (χ4v) is 3.70. The quantitative estimate of drug-likeness (QED) is 0.722. The second kappa shape index (κ2) is 6.32. The summed E-state index contributed by atoms with van der Waals surface area (Å²) in [5.41, 5.74) is 0. The lowest BCUT2D eigenvalue weighted by atomic mass is 10.0. The van der Waals surface area contributed by atoms with E-state index in [1.807, 2.05) is 0 Å². The molecule has 0 aromatic heterocycles. The number of sulfonamides is 1. The highest BCUT2D eigenvalue weighted by atomic mass is 32.2. The standard InChI is InChI=1S/C10H19NO5S/c1-16-7-9(10(12)13)11-17(14,15)8-5-3-2-4-6-8/h8-9,11H,2-7H2,1H3,(H,12,13). The van der Waals surface area contributed by atoms with Crippen LogP contribution in [-0.4, -0.2) is 44.5 Å². The molecule has 0 aliphatic heterocycles. The summed E-state index contributed by atoms with van der Waals surface area (Å²) in [6.45, 7) is -0.165. The smallest absolute Gasteiger partial charge is 0.324 e. The molecule has 17 heavy (non-hydrogen) atoms. The molecular weight excluding hydrogens is 246 g/mol. The van der Waals surface area contributed by atoms with Crippen molar-refractivity contribution in [3.63, 3.8) is 0 Å². The SMILES string of the molecule is COCC(NS(=O)(=O)C1CCCCC1)C(=O)O. The van der Waals surface area contributed by atoms with E-state index in [9.17, 15) is 13.2 Å². The largest absolute Gasteiger partial charge is 0.480 e. The van der Waals surface area contributed by atoms with Gasteiger partial charge in [-0.15, -0.1) is 0 Å². The minimum atomic E-state index is -3.56. The third-order valence-electron chi connectivity index (χ3n) is 2.93. The van der Waals surface area contributed by atoms with E-state index >= 15 is 0 Å². The van der Waals surface area contributed by atoms with E-state index in [4.69, 9.17) is 9.84 Å². The summed E-state index contributed by atoms with van der Waals surface area (Å²) >= 11 is 0. The minimum absolute atomic E-state index is 0.165. The number of rotatable bonds is 6. The van der Waals surface area contributed by atoms with E-state index in [0.717, 1.165) is 19.3 Å². The molecule has 6 nitrogen and oxygen atoms in total. The van der Waals surface area contributed by atoms with Gasteiger partial charge in [-0.2, -0.15) is 4.72 Å². The molecular formula is C10H19NO5S. The van der Waals surface area contributed by atoms with Gasteiger partial charge in [0.1, 0.15) is 6.04 Å². The fraction of sp³-hybridized carbons (Fsp3) is 0.900. The van der Waals surface area contributed by atoms with Crippen molar-refractivity contribution in [3.8, 4) is 0 Å². The first-order valence-corrected chi connectivity index (χ1v) is 7.25. The van der Waals surface area contributed by atoms with Crippen LogP contribution in [0.1, 0.15) is 32.1 Å². The molecule has 1 aliphatic carbocycles. The lowest BCUT2D eigenvalue weighted by molar-refractivity contribution is -0.140. The van der Waals surface area contributed by atoms with E-state index in [0.29, 0.717) is 12.8 Å². The third-order valence-corrected chi connectivity index (χ3v) is 4.89. The number of carboxylic acids is 1. The molecule has 0 amide bonds. The van der Waals surface area contributed by atoms with Crippen molar-refractivity contribution in [2.45, 2.75) is 43.4 Å². The molecule has 1 fully saturated rings. The number of carboxylic acid groups (broad SMARTS) is 1. The molecule has 0 heterocycles. The van der Waals surface area contributed by atoms with Gasteiger partial charge in [0.05, 0.1) is 11.9 Å². The zero-order valence-electron chi connectivity index (χ0n) is 9.89. The lowest BCUT2D eigenvalue weighted by Gasteiger charge is -2.23. The fourth-order valence-electron chi connectivity index (χ4n) is 1.99. The van der Waals surface area contributed by atoms with Gasteiger partial charge in [0.15, 0.2) is 0 Å². The highest BCUT2D eigenvalue weighted by Gasteiger charge is 2.31. The number of aliphatic carboxylic acids is 1. The van der Waals surface area contributed by atoms with Crippen LogP contribution in [0, 0.1) is 0 Å². The molecule has 7 heteroatoms. The number of carbonyl (C=O) groups is 1. The maximum Gasteiger partial charge on any atom is 0.324 e. The number of ether oxygens (including phenoxy) is 1. The molecule has 1 aliphatic rings. The summed E-state index contributed by atoms with van der Waals surface area (Å²) in [6.07, 6.45) is 4.02. The van der Waals surface area contributed by atoms with Crippen molar-refractivity contribution in [1.29, 1.82) is 0 Å². The second-order valence-corrected chi connectivity index (χ2v) is 6.26. The summed E-state index contributed by atoms with van der Waals surface area (Å²) in [5.74, 6) is -1.22. The molecule has 2 N–H and O–H groups in total. The Morgan fingerprint density at radius 2 is 2.00 bits per heavy atom. The van der Waals surface area contributed by atoms with Gasteiger partial charge in [-0.05, 0) is 12.8 Å². The Balaban J connectivity index is 2.65. The number of hydrogen-bond donors (Lipinski definition) is 2. The highest BCUT2D eigenvalue weighted by molar-refractivity contribution is 7.90. The zero-order valence-corrected chi connectivity index (χ0v) is 10.7. The van der Waals surface area contributed by atoms with E-state index in [2.05, 4.69) is 4.72 Å². The third kappa shape index (κ3) is 4.25. The van der Waals surface area contributed by atoms with Crippen LogP contribution in [0.5, 0.6) is 0 Å². The van der Waals surface area contributed by atoms with Gasteiger partial charge in [0.25, 0.3) is 0 Å². The van der Waals surface area contributed by atoms with Crippen LogP contribution in [-0.2, 0) is 19.6 Å². The molecule has 1 atom stereocenters. The molecule has 1 unspecified atom stereocenters. The van der Waals surface area contributed by atoms with E-state index < -0.39 is 27.3 Å². The van der Waals surface area contributed by atoms with Gasteiger partial charge in [0.2, 0.25) is 10.0 Å². The highest BCUT2D eigenvalue weighted by Crippen LogP contribution is 2.23. The normalized spacial score (nSPS) is 20.1. The summed E-state index contributed by atoms with van der Waals surface area (Å²) in [7, 11) is -2.22. The van der Waals surface area contributed by atoms with Crippen molar-refractivity contribution < 1.29 is 23.1 Å². The molecule has 100 valence electrons. The number of hydrogen-bond acceptors (Lipinski definition) is 4. The van der Waals surface area contributed by atoms with Gasteiger partial charge in [-0.3, -0.25) is 4.79 Å². The van der Waals surface area contributed by atoms with Gasteiger partial charge in [-0.1, -0.05) is 19.3 Å². The van der Waals surface area contributed by atoms with Crippen LogP contribution in [0.2, 0.25) is 0 Å². The summed E-state index contributed by atoms with van der Waals surface area (Å²) in [6, 6.07) is -1.20. The Morgan fingerprint density at radius 3 is 2.47 bits per heavy atom. The average Bonchev–Trinajstić information content (AvgIpc) is 2.29. The molecule has 1 rings (SSSR count). The van der Waals surface area contributed by atoms with Crippen LogP contribution in [0.15, 0.2) is 0 Å². The topological polar surface area (TPSA) is 92.7 Å². The van der Waals surface area contributed by atoms with Crippen molar-refractivity contribution >= 4 is 16.0 Å². The van der Waals surface area contributed by atoms with Crippen molar-refractivity contribution in [1.82, 2.24) is 4.72 Å². The van der Waals surface area contributed by atoms with Crippen LogP contribution in [0.3, 0.4) is 0 Å². The Kier molecular flexibility index (Phi) is 5.35. The Bertz CT molecular complexity index is 348. The van der Waals surface area contributed by atoms with E-state index in [1.165, 1.54) is 7.11 Å². The lowest BCUT2D eigenvalue weighted by Crippen LogP contribution is -2.47. The van der Waals surface area contributed by atoms with Crippen LogP contribution < -0.4 is 4.72 Å². The molecule has 0 radical (unpaired) electrons. The van der Waals surface area contributed by atoms with Crippen LogP contribution in [0.4, 0.5) is 0 Å². The predicted octanol–water partition coefficient (Wildman–Crippen LogP) is 0.338. The Labute approximate surface area is 101 Å². The maximum atomic E-state index is 11.9. The van der Waals surface area contributed by atoms with Gasteiger partial charge >= 0.3 is 5.97 Å². The number of nitrogens with one attached hydrogen (secondary N) is 1. The molecule has 0 bridgehead atoms. The van der Waals surface area contributed by atoms with Crippen LogP contribution >= 0.6 is 0 Å². The maximum absolute atomic E-state index is 11.9. The molecule has 1 saturated carbocycles. The Morgan fingerprint density at radius 1 is 1.41 bits per heavy atom. The van der Waals surface area contributed by atoms with Crippen LogP contribution in [0.25, 0.3) is 0 Å². The van der Waals surface area contributed by atoms with Gasteiger partial charge < -0.3 is 9.84 Å².